The van der Waals surface area contributed by atoms with Crippen molar-refractivity contribution >= 4 is 11.8 Å². The molecule has 0 unspecified atom stereocenters. The van der Waals surface area contributed by atoms with Gasteiger partial charge in [0.25, 0.3) is 0 Å². The first-order chi connectivity index (χ1) is 10.5. The summed E-state index contributed by atoms with van der Waals surface area (Å²) < 4.78 is 0. The Hall–Kier alpha value is -1.84. The third kappa shape index (κ3) is 2.74. The normalized spacial score (nSPS) is 25.1. The van der Waals surface area contributed by atoms with E-state index in [0.29, 0.717) is 13.0 Å². The lowest BCUT2D eigenvalue weighted by Crippen LogP contribution is -2.49. The van der Waals surface area contributed by atoms with Crippen LogP contribution in [0.1, 0.15) is 30.4 Å². The molecule has 2 amide bonds. The average Bonchev–Trinajstić information content (AvgIpc) is 2.78. The molecule has 2 saturated heterocycles. The summed E-state index contributed by atoms with van der Waals surface area (Å²) in [6.07, 6.45) is 3.17. The van der Waals surface area contributed by atoms with Crippen molar-refractivity contribution in [3.63, 3.8) is 0 Å². The van der Waals surface area contributed by atoms with Crippen LogP contribution in [0.2, 0.25) is 0 Å². The summed E-state index contributed by atoms with van der Waals surface area (Å²) in [7, 11) is 1.87. The maximum atomic E-state index is 12.6. The van der Waals surface area contributed by atoms with Crippen LogP contribution < -0.4 is 0 Å². The molecule has 0 aromatic heterocycles. The smallest absolute Gasteiger partial charge is 0.230 e. The number of amides is 2. The first-order valence-corrected chi connectivity index (χ1v) is 8.09. The zero-order valence-corrected chi connectivity index (χ0v) is 13.5. The van der Waals surface area contributed by atoms with E-state index in [1.807, 2.05) is 48.0 Å². The van der Waals surface area contributed by atoms with Gasteiger partial charge in [-0.25, -0.2) is 0 Å². The predicted molar refractivity (Wildman–Crippen MR) is 85.4 cm³/mol. The zero-order valence-electron chi connectivity index (χ0n) is 13.5. The molecule has 1 atom stereocenters. The number of piperidine rings is 1. The highest BCUT2D eigenvalue weighted by Crippen LogP contribution is 2.39. The van der Waals surface area contributed by atoms with Gasteiger partial charge < -0.3 is 9.80 Å². The van der Waals surface area contributed by atoms with Crippen molar-refractivity contribution < 1.29 is 9.59 Å². The highest BCUT2D eigenvalue weighted by molar-refractivity contribution is 5.86. The Bertz CT molecular complexity index is 577. The number of nitrogens with zero attached hydrogens (tertiary/aromatic N) is 2. The standard InChI is InChI=1S/C18H24N2O2/c1-14-4-6-15(7-5-14)12-16(21)20-10-3-8-18(13-20)9-11-19(2)17(18)22/h4-7H,3,8-13H2,1-2H3/t18-/m0/s1. The van der Waals surface area contributed by atoms with Crippen LogP contribution in [0.5, 0.6) is 0 Å². The van der Waals surface area contributed by atoms with Crippen molar-refractivity contribution in [1.29, 1.82) is 0 Å². The lowest BCUT2D eigenvalue weighted by molar-refractivity contribution is -0.142. The summed E-state index contributed by atoms with van der Waals surface area (Å²) in [4.78, 5) is 28.7. The fourth-order valence-corrected chi connectivity index (χ4v) is 3.71. The molecule has 3 rings (SSSR count). The molecule has 4 heteroatoms. The van der Waals surface area contributed by atoms with Gasteiger partial charge in [0, 0.05) is 26.7 Å². The molecule has 4 nitrogen and oxygen atoms in total. The molecule has 22 heavy (non-hydrogen) atoms. The van der Waals surface area contributed by atoms with E-state index in [-0.39, 0.29) is 17.2 Å². The van der Waals surface area contributed by atoms with E-state index in [1.54, 1.807) is 0 Å². The third-order valence-corrected chi connectivity index (χ3v) is 5.13. The van der Waals surface area contributed by atoms with Crippen LogP contribution in [0.3, 0.4) is 0 Å². The summed E-state index contributed by atoms with van der Waals surface area (Å²) in [5.74, 6) is 0.366. The monoisotopic (exact) mass is 300 g/mol. The van der Waals surface area contributed by atoms with E-state index < -0.39 is 0 Å². The van der Waals surface area contributed by atoms with Crippen LogP contribution in [0.25, 0.3) is 0 Å². The predicted octanol–water partition coefficient (Wildman–Crippen LogP) is 2.01. The Morgan fingerprint density at radius 3 is 2.55 bits per heavy atom. The van der Waals surface area contributed by atoms with Crippen molar-refractivity contribution in [3.8, 4) is 0 Å². The minimum absolute atomic E-state index is 0.144. The van der Waals surface area contributed by atoms with Gasteiger partial charge in [0.1, 0.15) is 0 Å². The maximum Gasteiger partial charge on any atom is 0.230 e. The Morgan fingerprint density at radius 2 is 1.91 bits per heavy atom. The third-order valence-electron chi connectivity index (χ3n) is 5.13. The van der Waals surface area contributed by atoms with E-state index in [2.05, 4.69) is 0 Å². The SMILES string of the molecule is Cc1ccc(CC(=O)N2CCC[C@]3(CCN(C)C3=O)C2)cc1. The number of aryl methyl sites for hydroxylation is 1. The number of carbonyl (C=O) groups is 2. The van der Waals surface area contributed by atoms with E-state index in [9.17, 15) is 9.59 Å². The zero-order chi connectivity index (χ0) is 15.7. The topological polar surface area (TPSA) is 40.6 Å². The molecular formula is C18H24N2O2. The molecule has 0 bridgehead atoms. The van der Waals surface area contributed by atoms with Gasteiger partial charge in [-0.3, -0.25) is 9.59 Å². The van der Waals surface area contributed by atoms with Crippen LogP contribution in [0, 0.1) is 12.3 Å². The molecular weight excluding hydrogens is 276 g/mol. The van der Waals surface area contributed by atoms with Crippen LogP contribution in [-0.2, 0) is 16.0 Å². The quantitative estimate of drug-likeness (QED) is 0.838. The van der Waals surface area contributed by atoms with Crippen LogP contribution in [-0.4, -0.2) is 48.3 Å². The second-order valence-electron chi connectivity index (χ2n) is 6.84. The fourth-order valence-electron chi connectivity index (χ4n) is 3.71. The van der Waals surface area contributed by atoms with Gasteiger partial charge >= 0.3 is 0 Å². The average molecular weight is 300 g/mol. The summed E-state index contributed by atoms with van der Waals surface area (Å²) in [5.41, 5.74) is 1.94. The molecule has 1 aromatic carbocycles. The summed E-state index contributed by atoms with van der Waals surface area (Å²) >= 11 is 0. The van der Waals surface area contributed by atoms with Crippen molar-refractivity contribution in [3.05, 3.63) is 35.4 Å². The van der Waals surface area contributed by atoms with E-state index in [4.69, 9.17) is 0 Å². The van der Waals surface area contributed by atoms with Crippen molar-refractivity contribution in [2.75, 3.05) is 26.7 Å². The molecule has 2 aliphatic heterocycles. The molecule has 0 radical (unpaired) electrons. The Balaban J connectivity index is 1.68. The molecule has 0 N–H and O–H groups in total. The Kier molecular flexibility index (Phi) is 3.94. The molecule has 2 heterocycles. The number of hydrogen-bond donors (Lipinski definition) is 0. The Morgan fingerprint density at radius 1 is 1.18 bits per heavy atom. The largest absolute Gasteiger partial charge is 0.345 e. The lowest BCUT2D eigenvalue weighted by atomic mass is 9.78. The van der Waals surface area contributed by atoms with E-state index in [0.717, 1.165) is 37.9 Å². The van der Waals surface area contributed by atoms with Gasteiger partial charge in [0.15, 0.2) is 0 Å². The van der Waals surface area contributed by atoms with Gasteiger partial charge in [-0.05, 0) is 31.7 Å². The molecule has 0 aliphatic carbocycles. The van der Waals surface area contributed by atoms with Crippen LogP contribution in [0.4, 0.5) is 0 Å². The van der Waals surface area contributed by atoms with Gasteiger partial charge in [0.2, 0.25) is 11.8 Å². The first-order valence-electron chi connectivity index (χ1n) is 8.09. The molecule has 0 saturated carbocycles. The first kappa shape index (κ1) is 15.1. The number of hydrogen-bond acceptors (Lipinski definition) is 2. The molecule has 2 aliphatic rings. The number of rotatable bonds is 2. The molecule has 1 spiro atoms. The highest BCUT2D eigenvalue weighted by Gasteiger charge is 2.48. The number of likely N-dealkylation sites (tertiary alicyclic amines) is 2. The van der Waals surface area contributed by atoms with Gasteiger partial charge in [-0.2, -0.15) is 0 Å². The van der Waals surface area contributed by atoms with Crippen LogP contribution >= 0.6 is 0 Å². The van der Waals surface area contributed by atoms with Crippen molar-refractivity contribution in [2.24, 2.45) is 5.41 Å². The summed E-state index contributed by atoms with van der Waals surface area (Å²) in [5, 5.41) is 0. The van der Waals surface area contributed by atoms with E-state index in [1.165, 1.54) is 5.56 Å². The summed E-state index contributed by atoms with van der Waals surface area (Å²) in [6, 6.07) is 8.11. The highest BCUT2D eigenvalue weighted by atomic mass is 16.2. The van der Waals surface area contributed by atoms with Gasteiger partial charge in [-0.15, -0.1) is 0 Å². The van der Waals surface area contributed by atoms with Crippen molar-refractivity contribution in [2.45, 2.75) is 32.6 Å². The Labute approximate surface area is 132 Å². The lowest BCUT2D eigenvalue weighted by Gasteiger charge is -2.39. The van der Waals surface area contributed by atoms with E-state index >= 15 is 0 Å². The molecule has 1 aromatic rings. The van der Waals surface area contributed by atoms with Gasteiger partial charge in [-0.1, -0.05) is 29.8 Å². The second-order valence-corrected chi connectivity index (χ2v) is 6.84. The summed E-state index contributed by atoms with van der Waals surface area (Å²) in [6.45, 7) is 4.24. The van der Waals surface area contributed by atoms with Gasteiger partial charge in [0.05, 0.1) is 11.8 Å². The number of carbonyl (C=O) groups excluding carboxylic acids is 2. The van der Waals surface area contributed by atoms with Crippen LogP contribution in [0.15, 0.2) is 24.3 Å². The second kappa shape index (κ2) is 5.75. The fraction of sp³-hybridized carbons (Fsp3) is 0.556. The molecule has 2 fully saturated rings. The minimum Gasteiger partial charge on any atom is -0.345 e. The molecule has 118 valence electrons. The number of benzene rings is 1. The maximum absolute atomic E-state index is 12.6. The minimum atomic E-state index is -0.310. The van der Waals surface area contributed by atoms with Crippen molar-refractivity contribution in [1.82, 2.24) is 9.80 Å².